The van der Waals surface area contributed by atoms with Gasteiger partial charge in [-0.1, -0.05) is 0 Å². The smallest absolute Gasteiger partial charge is 0.265 e. The van der Waals surface area contributed by atoms with Crippen LogP contribution in [0.3, 0.4) is 0 Å². The largest absolute Gasteiger partial charge is 0.336 e. The molecule has 1 unspecified atom stereocenters. The minimum Gasteiger partial charge on any atom is -0.336 e. The number of nitrogens with zero attached hydrogens (tertiary/aromatic N) is 4. The van der Waals surface area contributed by atoms with E-state index < -0.39 is 0 Å². The molecule has 0 spiro atoms. The van der Waals surface area contributed by atoms with Gasteiger partial charge in [-0.15, -0.1) is 11.3 Å². The topological polar surface area (TPSA) is 51.0 Å². The van der Waals surface area contributed by atoms with Crippen LogP contribution >= 0.6 is 11.3 Å². The quantitative estimate of drug-likeness (QED) is 0.828. The summed E-state index contributed by atoms with van der Waals surface area (Å²) >= 11 is 1.42. The molecule has 1 aliphatic heterocycles. The zero-order chi connectivity index (χ0) is 12.5. The van der Waals surface area contributed by atoms with Crippen molar-refractivity contribution in [2.45, 2.75) is 19.4 Å². The molecule has 0 N–H and O–H groups in total. The van der Waals surface area contributed by atoms with Gasteiger partial charge in [0.2, 0.25) is 0 Å². The second-order valence-corrected chi connectivity index (χ2v) is 5.30. The van der Waals surface area contributed by atoms with E-state index in [1.807, 2.05) is 28.8 Å². The Balaban J connectivity index is 1.73. The lowest BCUT2D eigenvalue weighted by Crippen LogP contribution is -2.29. The third-order valence-electron chi connectivity index (χ3n) is 3.29. The Hall–Kier alpha value is -1.69. The minimum atomic E-state index is 0.102. The molecule has 18 heavy (non-hydrogen) atoms. The third kappa shape index (κ3) is 1.92. The fourth-order valence-corrected chi connectivity index (χ4v) is 3.06. The van der Waals surface area contributed by atoms with E-state index in [4.69, 9.17) is 0 Å². The van der Waals surface area contributed by atoms with Crippen LogP contribution in [0.4, 0.5) is 0 Å². The van der Waals surface area contributed by atoms with Crippen LogP contribution < -0.4 is 0 Å². The fourth-order valence-electron chi connectivity index (χ4n) is 2.29. The summed E-state index contributed by atoms with van der Waals surface area (Å²) in [4.78, 5) is 19.1. The molecular weight excluding hydrogens is 248 g/mol. The normalized spacial score (nSPS) is 19.4. The van der Waals surface area contributed by atoms with Gasteiger partial charge in [0.1, 0.15) is 4.88 Å². The number of likely N-dealkylation sites (tertiary alicyclic amines) is 1. The first-order valence-electron chi connectivity index (χ1n) is 5.94. The summed E-state index contributed by atoms with van der Waals surface area (Å²) in [6, 6.07) is 2.22. The zero-order valence-corrected chi connectivity index (χ0v) is 10.9. The van der Waals surface area contributed by atoms with Crippen molar-refractivity contribution in [1.82, 2.24) is 19.7 Å². The van der Waals surface area contributed by atoms with Crippen LogP contribution in [0.5, 0.6) is 0 Å². The van der Waals surface area contributed by atoms with Crippen LogP contribution in [0, 0.1) is 6.92 Å². The molecule has 94 valence electrons. The van der Waals surface area contributed by atoms with E-state index in [9.17, 15) is 4.79 Å². The molecule has 5 nitrogen and oxygen atoms in total. The van der Waals surface area contributed by atoms with Gasteiger partial charge in [0.25, 0.3) is 5.91 Å². The first-order chi connectivity index (χ1) is 8.75. The van der Waals surface area contributed by atoms with Gasteiger partial charge in [0.05, 0.1) is 17.2 Å². The van der Waals surface area contributed by atoms with Crippen molar-refractivity contribution < 1.29 is 4.79 Å². The maximum atomic E-state index is 12.3. The molecule has 6 heteroatoms. The van der Waals surface area contributed by atoms with E-state index in [2.05, 4.69) is 10.1 Å². The molecule has 1 fully saturated rings. The molecule has 1 atom stereocenters. The van der Waals surface area contributed by atoms with Crippen LogP contribution in [0.25, 0.3) is 0 Å². The van der Waals surface area contributed by atoms with Crippen LogP contribution in [0.15, 0.2) is 24.0 Å². The van der Waals surface area contributed by atoms with E-state index in [1.54, 1.807) is 11.7 Å². The number of thiazole rings is 1. The molecule has 2 aromatic rings. The standard InChI is InChI=1S/C12H14N4OS/c1-9-11(18-8-13-9)12(17)15-6-3-10(7-15)16-5-2-4-14-16/h2,4-5,8,10H,3,6-7H2,1H3. The number of carbonyl (C=O) groups excluding carboxylic acids is 1. The highest BCUT2D eigenvalue weighted by Gasteiger charge is 2.29. The van der Waals surface area contributed by atoms with Crippen molar-refractivity contribution in [2.75, 3.05) is 13.1 Å². The summed E-state index contributed by atoms with van der Waals surface area (Å²) in [5, 5.41) is 4.24. The van der Waals surface area contributed by atoms with Crippen LogP contribution in [0.2, 0.25) is 0 Å². The highest BCUT2D eigenvalue weighted by atomic mass is 32.1. The molecule has 1 saturated heterocycles. The van der Waals surface area contributed by atoms with Crippen molar-refractivity contribution in [3.8, 4) is 0 Å². The van der Waals surface area contributed by atoms with E-state index in [0.717, 1.165) is 30.1 Å². The lowest BCUT2D eigenvalue weighted by atomic mass is 10.3. The Kier molecular flexibility index (Phi) is 2.87. The molecule has 0 aliphatic carbocycles. The molecular formula is C12H14N4OS. The molecule has 1 amide bonds. The molecule has 3 heterocycles. The van der Waals surface area contributed by atoms with Crippen molar-refractivity contribution in [3.63, 3.8) is 0 Å². The minimum absolute atomic E-state index is 0.102. The monoisotopic (exact) mass is 262 g/mol. The average molecular weight is 262 g/mol. The number of hydrogen-bond acceptors (Lipinski definition) is 4. The van der Waals surface area contributed by atoms with Gasteiger partial charge in [-0.05, 0) is 19.4 Å². The van der Waals surface area contributed by atoms with Gasteiger partial charge in [0.15, 0.2) is 0 Å². The maximum Gasteiger partial charge on any atom is 0.265 e. The van der Waals surface area contributed by atoms with Crippen molar-refractivity contribution in [3.05, 3.63) is 34.5 Å². The summed E-state index contributed by atoms with van der Waals surface area (Å²) in [5.41, 5.74) is 2.55. The van der Waals surface area contributed by atoms with Gasteiger partial charge in [-0.25, -0.2) is 4.98 Å². The van der Waals surface area contributed by atoms with Gasteiger partial charge >= 0.3 is 0 Å². The maximum absolute atomic E-state index is 12.3. The van der Waals surface area contributed by atoms with E-state index in [1.165, 1.54) is 11.3 Å². The molecule has 0 bridgehead atoms. The molecule has 0 aromatic carbocycles. The van der Waals surface area contributed by atoms with Crippen molar-refractivity contribution in [1.29, 1.82) is 0 Å². The highest BCUT2D eigenvalue weighted by Crippen LogP contribution is 2.24. The average Bonchev–Trinajstić information content (AvgIpc) is 3.09. The Morgan fingerprint density at radius 3 is 3.11 bits per heavy atom. The number of rotatable bonds is 2. The predicted molar refractivity (Wildman–Crippen MR) is 68.6 cm³/mol. The van der Waals surface area contributed by atoms with Crippen LogP contribution in [0.1, 0.15) is 27.8 Å². The second kappa shape index (κ2) is 4.53. The predicted octanol–water partition coefficient (Wildman–Crippen LogP) is 1.74. The van der Waals surface area contributed by atoms with Gasteiger partial charge in [-0.2, -0.15) is 5.10 Å². The molecule has 0 radical (unpaired) electrons. The van der Waals surface area contributed by atoms with Crippen LogP contribution in [-0.4, -0.2) is 38.7 Å². The molecule has 0 saturated carbocycles. The molecule has 3 rings (SSSR count). The Bertz CT molecular complexity index is 548. The summed E-state index contributed by atoms with van der Waals surface area (Å²) in [7, 11) is 0. The number of carbonyl (C=O) groups is 1. The zero-order valence-electron chi connectivity index (χ0n) is 10.1. The summed E-state index contributed by atoms with van der Waals surface area (Å²) < 4.78 is 1.94. The molecule has 2 aromatic heterocycles. The molecule has 1 aliphatic rings. The summed E-state index contributed by atoms with van der Waals surface area (Å²) in [6.45, 7) is 3.41. The van der Waals surface area contributed by atoms with Gasteiger partial charge in [0, 0.05) is 25.5 Å². The van der Waals surface area contributed by atoms with Crippen LogP contribution in [-0.2, 0) is 0 Å². The number of hydrogen-bond donors (Lipinski definition) is 0. The number of aromatic nitrogens is 3. The highest BCUT2D eigenvalue weighted by molar-refractivity contribution is 7.11. The number of amides is 1. The lowest BCUT2D eigenvalue weighted by Gasteiger charge is -2.16. The Morgan fingerprint density at radius 2 is 2.44 bits per heavy atom. The Labute approximate surface area is 109 Å². The van der Waals surface area contributed by atoms with Gasteiger partial charge < -0.3 is 4.90 Å². The lowest BCUT2D eigenvalue weighted by molar-refractivity contribution is 0.0791. The van der Waals surface area contributed by atoms with E-state index >= 15 is 0 Å². The summed E-state index contributed by atoms with van der Waals surface area (Å²) in [6.07, 6.45) is 4.69. The second-order valence-electron chi connectivity index (χ2n) is 4.45. The first-order valence-corrected chi connectivity index (χ1v) is 6.82. The van der Waals surface area contributed by atoms with Crippen molar-refractivity contribution in [2.24, 2.45) is 0 Å². The van der Waals surface area contributed by atoms with E-state index in [0.29, 0.717) is 6.04 Å². The first kappa shape index (κ1) is 11.4. The summed E-state index contributed by atoms with van der Waals surface area (Å²) in [5.74, 6) is 0.102. The van der Waals surface area contributed by atoms with Gasteiger partial charge in [-0.3, -0.25) is 9.48 Å². The Morgan fingerprint density at radius 1 is 1.56 bits per heavy atom. The fraction of sp³-hybridized carbons (Fsp3) is 0.417. The number of aryl methyl sites for hydroxylation is 1. The SMILES string of the molecule is Cc1ncsc1C(=O)N1CCC(n2cccn2)C1. The van der Waals surface area contributed by atoms with Crippen molar-refractivity contribution >= 4 is 17.2 Å². The third-order valence-corrected chi connectivity index (χ3v) is 4.21. The van der Waals surface area contributed by atoms with E-state index in [-0.39, 0.29) is 5.91 Å².